The highest BCUT2D eigenvalue weighted by atomic mass is 32.1. The summed E-state index contributed by atoms with van der Waals surface area (Å²) in [6.45, 7) is 8.23. The number of benzene rings is 2. The second-order valence-corrected chi connectivity index (χ2v) is 6.76. The van der Waals surface area contributed by atoms with Crippen molar-refractivity contribution < 1.29 is 37.0 Å². The van der Waals surface area contributed by atoms with Crippen LogP contribution in [-0.4, -0.2) is 18.3 Å². The zero-order valence-corrected chi connectivity index (χ0v) is 15.8. The molecule has 0 fully saturated rings. The van der Waals surface area contributed by atoms with Gasteiger partial charge in [0.2, 0.25) is 0 Å². The maximum Gasteiger partial charge on any atom is 0.573 e. The molecule has 3 rings (SSSR count). The number of rotatable bonds is 5. The summed E-state index contributed by atoms with van der Waals surface area (Å²) in [5.41, 5.74) is 0.557. The van der Waals surface area contributed by atoms with Crippen LogP contribution in [0.1, 0.15) is 5.56 Å². The van der Waals surface area contributed by atoms with Crippen molar-refractivity contribution in [3.8, 4) is 17.2 Å². The number of alkyl halides is 3. The minimum atomic E-state index is -5.00. The van der Waals surface area contributed by atoms with Gasteiger partial charge in [0.15, 0.2) is 11.5 Å². The second kappa shape index (κ2) is 7.59. The monoisotopic (exact) mass is 422 g/mol. The number of ether oxygens (including phenoxy) is 3. The highest BCUT2D eigenvalue weighted by Gasteiger charge is 2.34. The number of carbonyl (C=O) groups excluding carboxylic acids is 2. The van der Waals surface area contributed by atoms with E-state index in [1.807, 2.05) is 0 Å². The van der Waals surface area contributed by atoms with Gasteiger partial charge in [-0.2, -0.15) is 0 Å². The van der Waals surface area contributed by atoms with Crippen LogP contribution < -0.4 is 14.2 Å². The SMILES string of the molecule is C=CC(=O)Oc1ccc2c(sc3c(OC(F)(F)F)c(OC(=O)C=C)ccc32)c1C. The van der Waals surface area contributed by atoms with Crippen molar-refractivity contribution in [3.63, 3.8) is 0 Å². The summed E-state index contributed by atoms with van der Waals surface area (Å²) in [7, 11) is 0. The third kappa shape index (κ3) is 4.09. The van der Waals surface area contributed by atoms with Gasteiger partial charge in [0.1, 0.15) is 5.75 Å². The molecule has 29 heavy (non-hydrogen) atoms. The minimum absolute atomic E-state index is 0.127. The van der Waals surface area contributed by atoms with Crippen LogP contribution in [-0.2, 0) is 9.59 Å². The molecule has 0 spiro atoms. The van der Waals surface area contributed by atoms with Crippen molar-refractivity contribution in [1.29, 1.82) is 0 Å². The average molecular weight is 422 g/mol. The number of esters is 2. The number of carbonyl (C=O) groups is 2. The van der Waals surface area contributed by atoms with Gasteiger partial charge in [-0.15, -0.1) is 24.5 Å². The lowest BCUT2D eigenvalue weighted by molar-refractivity contribution is -0.274. The Balaban J connectivity index is 2.26. The molecule has 0 saturated heterocycles. The zero-order chi connectivity index (χ0) is 21.3. The smallest absolute Gasteiger partial charge is 0.423 e. The van der Waals surface area contributed by atoms with Crippen LogP contribution in [0.4, 0.5) is 13.2 Å². The zero-order valence-electron chi connectivity index (χ0n) is 15.0. The molecule has 5 nitrogen and oxygen atoms in total. The van der Waals surface area contributed by atoms with Crippen LogP contribution in [0.25, 0.3) is 20.2 Å². The predicted octanol–water partition coefficient (Wildman–Crippen LogP) is 5.44. The average Bonchev–Trinajstić information content (AvgIpc) is 3.04. The fourth-order valence-corrected chi connectivity index (χ4v) is 3.95. The van der Waals surface area contributed by atoms with Gasteiger partial charge < -0.3 is 14.2 Å². The van der Waals surface area contributed by atoms with E-state index in [4.69, 9.17) is 9.47 Å². The Bertz CT molecular complexity index is 1160. The number of aryl methyl sites for hydroxylation is 1. The number of halogens is 3. The third-order valence-electron chi connectivity index (χ3n) is 3.90. The maximum atomic E-state index is 13.0. The molecule has 0 bridgehead atoms. The Morgan fingerprint density at radius 2 is 1.45 bits per heavy atom. The normalized spacial score (nSPS) is 11.3. The Morgan fingerprint density at radius 3 is 2.00 bits per heavy atom. The predicted molar refractivity (Wildman–Crippen MR) is 102 cm³/mol. The fourth-order valence-electron chi connectivity index (χ4n) is 2.68. The minimum Gasteiger partial charge on any atom is -0.423 e. The number of thiophene rings is 1. The summed E-state index contributed by atoms with van der Waals surface area (Å²) >= 11 is 0.994. The molecule has 1 aromatic heterocycles. The van der Waals surface area contributed by atoms with Crippen molar-refractivity contribution >= 4 is 43.4 Å². The van der Waals surface area contributed by atoms with Gasteiger partial charge in [-0.3, -0.25) is 0 Å². The number of fused-ring (bicyclic) bond motifs is 3. The molecule has 0 atom stereocenters. The Hall–Kier alpha value is -3.33. The van der Waals surface area contributed by atoms with Crippen molar-refractivity contribution in [1.82, 2.24) is 0 Å². The summed E-state index contributed by atoms with van der Waals surface area (Å²) < 4.78 is 54.0. The van der Waals surface area contributed by atoms with E-state index in [-0.39, 0.29) is 16.2 Å². The largest absolute Gasteiger partial charge is 0.573 e. The van der Waals surface area contributed by atoms with E-state index < -0.39 is 24.1 Å². The van der Waals surface area contributed by atoms with Crippen LogP contribution in [0.5, 0.6) is 17.2 Å². The van der Waals surface area contributed by atoms with E-state index in [1.165, 1.54) is 12.1 Å². The lowest BCUT2D eigenvalue weighted by Crippen LogP contribution is -2.18. The standard InChI is InChI=1S/C20H13F3O5S/c1-4-15(24)26-13-8-6-11-12-7-9-14(27-16(25)5-2)17(28-20(21,22)23)19(12)29-18(11)10(13)3/h4-9H,1-2H2,3H3. The quantitative estimate of drug-likeness (QED) is 0.311. The Labute approximate surface area is 166 Å². The molecule has 0 aliphatic carbocycles. The van der Waals surface area contributed by atoms with Crippen molar-refractivity contribution in [2.24, 2.45) is 0 Å². The Kier molecular flexibility index (Phi) is 5.34. The summed E-state index contributed by atoms with van der Waals surface area (Å²) in [6, 6.07) is 5.91. The van der Waals surface area contributed by atoms with Crippen LogP contribution in [0.3, 0.4) is 0 Å². The van der Waals surface area contributed by atoms with Crippen molar-refractivity contribution in [3.05, 3.63) is 55.1 Å². The van der Waals surface area contributed by atoms with Gasteiger partial charge in [-0.25, -0.2) is 9.59 Å². The molecule has 0 aliphatic rings. The first kappa shape index (κ1) is 20.4. The fraction of sp³-hybridized carbons (Fsp3) is 0.100. The molecule has 0 unspecified atom stereocenters. The van der Waals surface area contributed by atoms with E-state index in [2.05, 4.69) is 17.9 Å². The summed E-state index contributed by atoms with van der Waals surface area (Å²) in [5, 5.41) is 1.10. The van der Waals surface area contributed by atoms with Gasteiger partial charge >= 0.3 is 18.3 Å². The van der Waals surface area contributed by atoms with Crippen molar-refractivity contribution in [2.45, 2.75) is 13.3 Å². The van der Waals surface area contributed by atoms with Crippen LogP contribution in [0.15, 0.2) is 49.6 Å². The molecule has 0 N–H and O–H groups in total. The summed E-state index contributed by atoms with van der Waals surface area (Å²) in [6.07, 6.45) is -3.17. The van der Waals surface area contributed by atoms with Crippen LogP contribution >= 0.6 is 11.3 Å². The summed E-state index contributed by atoms with van der Waals surface area (Å²) in [5.74, 6) is -2.34. The Morgan fingerprint density at radius 1 is 0.931 bits per heavy atom. The van der Waals surface area contributed by atoms with Gasteiger partial charge in [0.05, 0.1) is 4.70 Å². The van der Waals surface area contributed by atoms with Crippen LogP contribution in [0, 0.1) is 6.92 Å². The van der Waals surface area contributed by atoms with Gasteiger partial charge in [0.25, 0.3) is 0 Å². The lowest BCUT2D eigenvalue weighted by Gasteiger charge is -2.13. The molecule has 9 heteroatoms. The molecule has 2 aromatic carbocycles. The molecule has 0 aliphatic heterocycles. The highest BCUT2D eigenvalue weighted by Crippen LogP contribution is 2.47. The molecular formula is C20H13F3O5S. The van der Waals surface area contributed by atoms with E-state index >= 15 is 0 Å². The molecule has 1 heterocycles. The third-order valence-corrected chi connectivity index (χ3v) is 5.24. The van der Waals surface area contributed by atoms with E-state index in [0.29, 0.717) is 21.0 Å². The second-order valence-electron chi connectivity index (χ2n) is 5.74. The van der Waals surface area contributed by atoms with Gasteiger partial charge in [0, 0.05) is 33.2 Å². The first-order valence-electron chi connectivity index (χ1n) is 8.07. The molecule has 0 saturated carbocycles. The van der Waals surface area contributed by atoms with E-state index in [9.17, 15) is 22.8 Å². The highest BCUT2D eigenvalue weighted by molar-refractivity contribution is 7.26. The van der Waals surface area contributed by atoms with E-state index in [0.717, 1.165) is 23.5 Å². The molecule has 0 amide bonds. The lowest BCUT2D eigenvalue weighted by atomic mass is 10.1. The molecule has 150 valence electrons. The first-order chi connectivity index (χ1) is 13.6. The number of hydrogen-bond acceptors (Lipinski definition) is 6. The van der Waals surface area contributed by atoms with Crippen LogP contribution in [0.2, 0.25) is 0 Å². The molecule has 0 radical (unpaired) electrons. The van der Waals surface area contributed by atoms with Crippen molar-refractivity contribution in [2.75, 3.05) is 0 Å². The van der Waals surface area contributed by atoms with Gasteiger partial charge in [-0.1, -0.05) is 13.2 Å². The topological polar surface area (TPSA) is 61.8 Å². The molecule has 3 aromatic rings. The first-order valence-corrected chi connectivity index (χ1v) is 8.89. The maximum absolute atomic E-state index is 13.0. The van der Waals surface area contributed by atoms with Gasteiger partial charge in [-0.05, 0) is 31.2 Å². The number of hydrogen-bond donors (Lipinski definition) is 0. The molecular weight excluding hydrogens is 409 g/mol. The van der Waals surface area contributed by atoms with E-state index in [1.54, 1.807) is 19.1 Å². The summed E-state index contributed by atoms with van der Waals surface area (Å²) in [4.78, 5) is 23.0.